The van der Waals surface area contributed by atoms with Crippen LogP contribution in [0.15, 0.2) is 48.6 Å². The quantitative estimate of drug-likeness (QED) is 0.0323. The average molecular weight is 814 g/mol. The molecule has 3 N–H and O–H groups in total. The van der Waals surface area contributed by atoms with Crippen LogP contribution in [0.1, 0.15) is 245 Å². The molecule has 338 valence electrons. The van der Waals surface area contributed by atoms with Gasteiger partial charge in [0, 0.05) is 12.8 Å². The van der Waals surface area contributed by atoms with Crippen LogP contribution in [0.2, 0.25) is 0 Å². The summed E-state index contributed by atoms with van der Waals surface area (Å²) in [5, 5.41) is 22.9. The van der Waals surface area contributed by atoms with Crippen LogP contribution in [-0.4, -0.2) is 47.4 Å². The van der Waals surface area contributed by atoms with Gasteiger partial charge < -0.3 is 20.3 Å². The lowest BCUT2D eigenvalue weighted by Gasteiger charge is -2.20. The molecule has 2 atom stereocenters. The summed E-state index contributed by atoms with van der Waals surface area (Å²) >= 11 is 0. The van der Waals surface area contributed by atoms with Crippen molar-refractivity contribution in [1.82, 2.24) is 5.32 Å². The normalized spacial score (nSPS) is 13.1. The highest BCUT2D eigenvalue weighted by molar-refractivity contribution is 5.76. The highest BCUT2D eigenvalue weighted by Gasteiger charge is 2.18. The Morgan fingerprint density at radius 3 is 1.36 bits per heavy atom. The van der Waals surface area contributed by atoms with Crippen LogP contribution in [0, 0.1) is 0 Å². The van der Waals surface area contributed by atoms with Gasteiger partial charge in [0.1, 0.15) is 0 Å². The predicted molar refractivity (Wildman–Crippen MR) is 250 cm³/mol. The summed E-state index contributed by atoms with van der Waals surface area (Å²) in [7, 11) is 0. The Morgan fingerprint density at radius 2 is 0.862 bits per heavy atom. The standard InChI is InChI=1S/C52H95NO5/c1-3-5-7-9-11-13-15-16-17-18-19-20-21-22-26-30-34-38-42-46-52(57)58-47-43-39-35-31-27-24-23-25-29-33-37-41-45-51(56)53-49(48-54)50(55)44-40-36-32-28-14-12-10-8-6-4-2/h11,13,16-17,24,27,40,44,49-50,54-55H,3-10,12,14-15,18-23,25-26,28-39,41-43,45-48H2,1-2H3,(H,53,56)/b13-11-,17-16-,27-24-,44-40+. The molecule has 0 radical (unpaired) electrons. The lowest BCUT2D eigenvalue weighted by Crippen LogP contribution is -2.45. The fourth-order valence-corrected chi connectivity index (χ4v) is 7.18. The highest BCUT2D eigenvalue weighted by Crippen LogP contribution is 2.14. The average Bonchev–Trinajstić information content (AvgIpc) is 3.22. The molecule has 0 aliphatic heterocycles. The number of ether oxygens (including phenoxy) is 1. The minimum atomic E-state index is -0.859. The van der Waals surface area contributed by atoms with E-state index in [-0.39, 0.29) is 18.5 Å². The van der Waals surface area contributed by atoms with E-state index in [1.807, 2.05) is 6.08 Å². The number of aliphatic hydroxyl groups is 2. The molecule has 6 heteroatoms. The summed E-state index contributed by atoms with van der Waals surface area (Å²) in [6.45, 7) is 4.78. The third kappa shape index (κ3) is 43.4. The topological polar surface area (TPSA) is 95.9 Å². The van der Waals surface area contributed by atoms with Gasteiger partial charge in [-0.25, -0.2) is 0 Å². The van der Waals surface area contributed by atoms with Crippen molar-refractivity contribution in [3.05, 3.63) is 48.6 Å². The molecule has 0 aromatic carbocycles. The molecule has 0 aromatic heterocycles. The summed E-state index contributed by atoms with van der Waals surface area (Å²) in [6, 6.07) is -0.646. The first-order valence-corrected chi connectivity index (χ1v) is 24.9. The Kier molecular flexibility index (Phi) is 45.7. The zero-order chi connectivity index (χ0) is 42.3. The lowest BCUT2D eigenvalue weighted by atomic mass is 10.1. The first kappa shape index (κ1) is 55.8. The fraction of sp³-hybridized carbons (Fsp3) is 0.808. The molecule has 0 aliphatic rings. The molecule has 0 spiro atoms. The van der Waals surface area contributed by atoms with E-state index in [2.05, 4.69) is 55.6 Å². The van der Waals surface area contributed by atoms with Gasteiger partial charge in [-0.1, -0.05) is 184 Å². The molecule has 6 nitrogen and oxygen atoms in total. The van der Waals surface area contributed by atoms with Gasteiger partial charge in [-0.2, -0.15) is 0 Å². The van der Waals surface area contributed by atoms with Crippen LogP contribution >= 0.6 is 0 Å². The molecule has 0 aliphatic carbocycles. The molecule has 0 fully saturated rings. The third-order valence-electron chi connectivity index (χ3n) is 11.1. The van der Waals surface area contributed by atoms with Gasteiger partial charge >= 0.3 is 5.97 Å². The van der Waals surface area contributed by atoms with Gasteiger partial charge in [0.2, 0.25) is 5.91 Å². The summed E-state index contributed by atoms with van der Waals surface area (Å²) < 4.78 is 5.45. The van der Waals surface area contributed by atoms with Crippen LogP contribution in [0.25, 0.3) is 0 Å². The number of amides is 1. The molecule has 0 aromatic rings. The van der Waals surface area contributed by atoms with Gasteiger partial charge in [-0.05, 0) is 96.3 Å². The van der Waals surface area contributed by atoms with Crippen LogP contribution in [0.5, 0.6) is 0 Å². The second-order valence-electron chi connectivity index (χ2n) is 16.8. The third-order valence-corrected chi connectivity index (χ3v) is 11.1. The molecule has 1 amide bonds. The highest BCUT2D eigenvalue weighted by atomic mass is 16.5. The molecule has 2 unspecified atom stereocenters. The number of hydrogen-bond donors (Lipinski definition) is 3. The van der Waals surface area contributed by atoms with Crippen molar-refractivity contribution in [2.45, 2.75) is 257 Å². The Bertz CT molecular complexity index is 988. The van der Waals surface area contributed by atoms with Gasteiger partial charge in [0.05, 0.1) is 25.4 Å². The summed E-state index contributed by atoms with van der Waals surface area (Å²) in [6.07, 6.45) is 58.2. The minimum absolute atomic E-state index is 0.0296. The van der Waals surface area contributed by atoms with Gasteiger partial charge in [-0.15, -0.1) is 0 Å². The summed E-state index contributed by atoms with van der Waals surface area (Å²) in [5.41, 5.74) is 0. The van der Waals surface area contributed by atoms with Crippen LogP contribution in [0.3, 0.4) is 0 Å². The van der Waals surface area contributed by atoms with Crippen molar-refractivity contribution in [2.75, 3.05) is 13.2 Å². The van der Waals surface area contributed by atoms with Gasteiger partial charge in [-0.3, -0.25) is 9.59 Å². The van der Waals surface area contributed by atoms with Gasteiger partial charge in [0.25, 0.3) is 0 Å². The molecule has 58 heavy (non-hydrogen) atoms. The van der Waals surface area contributed by atoms with Crippen LogP contribution in [-0.2, 0) is 14.3 Å². The van der Waals surface area contributed by atoms with Crippen molar-refractivity contribution in [2.24, 2.45) is 0 Å². The molecule has 0 heterocycles. The number of carbonyl (C=O) groups is 2. The van der Waals surface area contributed by atoms with Crippen LogP contribution in [0.4, 0.5) is 0 Å². The maximum atomic E-state index is 12.4. The first-order chi connectivity index (χ1) is 28.5. The number of esters is 1. The fourth-order valence-electron chi connectivity index (χ4n) is 7.18. The van der Waals surface area contributed by atoms with E-state index in [9.17, 15) is 19.8 Å². The Balaban J connectivity index is 3.51. The zero-order valence-corrected chi connectivity index (χ0v) is 38.3. The van der Waals surface area contributed by atoms with Crippen molar-refractivity contribution in [1.29, 1.82) is 0 Å². The van der Waals surface area contributed by atoms with Crippen molar-refractivity contribution in [3.63, 3.8) is 0 Å². The second kappa shape index (κ2) is 47.5. The van der Waals surface area contributed by atoms with Crippen molar-refractivity contribution >= 4 is 11.9 Å². The number of aliphatic hydroxyl groups excluding tert-OH is 2. The monoisotopic (exact) mass is 814 g/mol. The Hall–Kier alpha value is -2.18. The molecule has 0 saturated carbocycles. The molecular weight excluding hydrogens is 719 g/mol. The molecule has 0 saturated heterocycles. The number of nitrogens with one attached hydrogen (secondary N) is 1. The van der Waals surface area contributed by atoms with E-state index < -0.39 is 12.1 Å². The number of carbonyl (C=O) groups excluding carboxylic acids is 2. The predicted octanol–water partition coefficient (Wildman–Crippen LogP) is 14.7. The summed E-state index contributed by atoms with van der Waals surface area (Å²) in [5.74, 6) is -0.127. The number of hydrogen-bond acceptors (Lipinski definition) is 5. The van der Waals surface area contributed by atoms with Gasteiger partial charge in [0.15, 0.2) is 0 Å². The largest absolute Gasteiger partial charge is 0.466 e. The number of rotatable bonds is 45. The van der Waals surface area contributed by atoms with E-state index in [0.717, 1.165) is 89.9 Å². The van der Waals surface area contributed by atoms with E-state index in [0.29, 0.717) is 19.4 Å². The smallest absolute Gasteiger partial charge is 0.305 e. The van der Waals surface area contributed by atoms with Crippen molar-refractivity contribution in [3.8, 4) is 0 Å². The van der Waals surface area contributed by atoms with E-state index in [1.165, 1.54) is 128 Å². The lowest BCUT2D eigenvalue weighted by molar-refractivity contribution is -0.143. The Labute approximate surface area is 359 Å². The molecule has 0 bridgehead atoms. The van der Waals surface area contributed by atoms with E-state index in [1.54, 1.807) is 6.08 Å². The van der Waals surface area contributed by atoms with Crippen molar-refractivity contribution < 1.29 is 24.5 Å². The first-order valence-electron chi connectivity index (χ1n) is 24.9. The number of allylic oxidation sites excluding steroid dienone is 7. The Morgan fingerprint density at radius 1 is 0.483 bits per heavy atom. The zero-order valence-electron chi connectivity index (χ0n) is 38.3. The second-order valence-corrected chi connectivity index (χ2v) is 16.8. The van der Waals surface area contributed by atoms with E-state index >= 15 is 0 Å². The van der Waals surface area contributed by atoms with Crippen LogP contribution < -0.4 is 5.32 Å². The number of unbranched alkanes of at least 4 members (excludes halogenated alkanes) is 28. The maximum absolute atomic E-state index is 12.4. The molecule has 0 rings (SSSR count). The van der Waals surface area contributed by atoms with E-state index in [4.69, 9.17) is 4.74 Å². The SMILES string of the molecule is CCCCC/C=C\C/C=C\CCCCCCCCCCCC(=O)OCCCCC/C=C\CCCCCCCC(=O)NC(CO)C(O)/C=C/CCCCCCCCCC. The summed E-state index contributed by atoms with van der Waals surface area (Å²) in [4.78, 5) is 24.4. The molecular formula is C52H95NO5. The minimum Gasteiger partial charge on any atom is -0.466 e. The maximum Gasteiger partial charge on any atom is 0.305 e.